The average molecular weight is 227 g/mol. The topological polar surface area (TPSA) is 54.9 Å². The molecule has 0 amide bonds. The van der Waals surface area contributed by atoms with Crippen LogP contribution in [0.2, 0.25) is 0 Å². The number of anilines is 1. The highest BCUT2D eigenvalue weighted by Crippen LogP contribution is 2.04. The first-order valence-electron chi connectivity index (χ1n) is 4.94. The molecule has 0 aliphatic carbocycles. The largest absolute Gasteiger partial charge is 0.370 e. The van der Waals surface area contributed by atoms with Gasteiger partial charge in [-0.1, -0.05) is 6.92 Å². The van der Waals surface area contributed by atoms with Crippen molar-refractivity contribution >= 4 is 16.6 Å². The SMILES string of the molecule is Cc1cc(NCCC(C)S(C)=O)ncn1. The molecule has 1 aromatic heterocycles. The van der Waals surface area contributed by atoms with Crippen molar-refractivity contribution in [2.45, 2.75) is 25.5 Å². The predicted octanol–water partition coefficient (Wildman–Crippen LogP) is 1.35. The summed E-state index contributed by atoms with van der Waals surface area (Å²) in [4.78, 5) is 8.09. The summed E-state index contributed by atoms with van der Waals surface area (Å²) in [6.07, 6.45) is 4.16. The first-order valence-corrected chi connectivity index (χ1v) is 6.56. The highest BCUT2D eigenvalue weighted by atomic mass is 32.2. The molecule has 0 aromatic carbocycles. The van der Waals surface area contributed by atoms with Gasteiger partial charge in [0.05, 0.1) is 0 Å². The molecule has 0 bridgehead atoms. The van der Waals surface area contributed by atoms with Gasteiger partial charge in [-0.05, 0) is 13.3 Å². The standard InChI is InChI=1S/C10H17N3OS/c1-8-6-10(13-7-12-8)11-5-4-9(2)15(3)14/h6-7,9H,4-5H2,1-3H3,(H,11,12,13). The van der Waals surface area contributed by atoms with Gasteiger partial charge in [-0.3, -0.25) is 4.21 Å². The lowest BCUT2D eigenvalue weighted by Crippen LogP contribution is -2.15. The molecule has 5 heteroatoms. The predicted molar refractivity (Wildman–Crippen MR) is 63.4 cm³/mol. The lowest BCUT2D eigenvalue weighted by Gasteiger charge is -2.09. The summed E-state index contributed by atoms with van der Waals surface area (Å²) >= 11 is 0. The van der Waals surface area contributed by atoms with Gasteiger partial charge in [0.2, 0.25) is 0 Å². The number of hydrogen-bond donors (Lipinski definition) is 1. The zero-order chi connectivity index (χ0) is 11.3. The molecule has 0 fully saturated rings. The first kappa shape index (κ1) is 12.1. The molecule has 84 valence electrons. The maximum atomic E-state index is 11.1. The van der Waals surface area contributed by atoms with Crippen molar-refractivity contribution in [1.29, 1.82) is 0 Å². The van der Waals surface area contributed by atoms with E-state index in [1.165, 1.54) is 0 Å². The van der Waals surface area contributed by atoms with Gasteiger partial charge in [-0.25, -0.2) is 9.97 Å². The Morgan fingerprint density at radius 2 is 2.27 bits per heavy atom. The fourth-order valence-electron chi connectivity index (χ4n) is 1.12. The second-order valence-electron chi connectivity index (χ2n) is 3.57. The third kappa shape index (κ3) is 4.38. The minimum absolute atomic E-state index is 0.223. The Morgan fingerprint density at radius 3 is 2.87 bits per heavy atom. The Bertz CT molecular complexity index is 343. The van der Waals surface area contributed by atoms with Gasteiger partial charge in [-0.2, -0.15) is 0 Å². The maximum absolute atomic E-state index is 11.1. The van der Waals surface area contributed by atoms with Crippen LogP contribution in [0.1, 0.15) is 19.0 Å². The molecule has 1 N–H and O–H groups in total. The molecule has 2 unspecified atom stereocenters. The van der Waals surface area contributed by atoms with Crippen LogP contribution < -0.4 is 5.32 Å². The smallest absolute Gasteiger partial charge is 0.129 e. The fraction of sp³-hybridized carbons (Fsp3) is 0.600. The van der Waals surface area contributed by atoms with Crippen LogP contribution in [0.3, 0.4) is 0 Å². The van der Waals surface area contributed by atoms with E-state index in [1.807, 2.05) is 19.9 Å². The van der Waals surface area contributed by atoms with Crippen LogP contribution in [0.5, 0.6) is 0 Å². The Hall–Kier alpha value is -0.970. The molecular formula is C10H17N3OS. The van der Waals surface area contributed by atoms with Crippen LogP contribution in [-0.4, -0.2) is 32.2 Å². The van der Waals surface area contributed by atoms with E-state index in [0.29, 0.717) is 0 Å². The van der Waals surface area contributed by atoms with E-state index in [4.69, 9.17) is 0 Å². The molecular weight excluding hydrogens is 210 g/mol. The minimum Gasteiger partial charge on any atom is -0.370 e. The van der Waals surface area contributed by atoms with E-state index >= 15 is 0 Å². The summed E-state index contributed by atoms with van der Waals surface area (Å²) in [6.45, 7) is 4.71. The molecule has 2 atom stereocenters. The fourth-order valence-corrected chi connectivity index (χ4v) is 1.57. The molecule has 15 heavy (non-hydrogen) atoms. The van der Waals surface area contributed by atoms with Gasteiger partial charge in [0.1, 0.15) is 12.1 Å². The second-order valence-corrected chi connectivity index (χ2v) is 5.37. The molecule has 0 saturated carbocycles. The highest BCUT2D eigenvalue weighted by Gasteiger charge is 2.05. The zero-order valence-corrected chi connectivity index (χ0v) is 10.2. The molecule has 1 aromatic rings. The van der Waals surface area contributed by atoms with Crippen molar-refractivity contribution in [1.82, 2.24) is 9.97 Å². The number of aryl methyl sites for hydroxylation is 1. The van der Waals surface area contributed by atoms with Gasteiger partial charge >= 0.3 is 0 Å². The van der Waals surface area contributed by atoms with E-state index < -0.39 is 10.8 Å². The molecule has 0 aliphatic rings. The van der Waals surface area contributed by atoms with Crippen LogP contribution in [-0.2, 0) is 10.8 Å². The Kier molecular flexibility index (Phi) is 4.68. The van der Waals surface area contributed by atoms with E-state index in [2.05, 4.69) is 15.3 Å². The Balaban J connectivity index is 2.35. The third-order valence-corrected chi connectivity index (χ3v) is 3.60. The molecule has 0 saturated heterocycles. The van der Waals surface area contributed by atoms with Crippen LogP contribution in [0, 0.1) is 6.92 Å². The molecule has 0 radical (unpaired) electrons. The van der Waals surface area contributed by atoms with Crippen molar-refractivity contribution in [2.75, 3.05) is 18.1 Å². The number of nitrogens with zero attached hydrogens (tertiary/aromatic N) is 2. The van der Waals surface area contributed by atoms with Crippen LogP contribution >= 0.6 is 0 Å². The molecule has 0 spiro atoms. The van der Waals surface area contributed by atoms with Crippen LogP contribution in [0.25, 0.3) is 0 Å². The molecule has 0 aliphatic heterocycles. The minimum atomic E-state index is -0.745. The molecule has 1 rings (SSSR count). The van der Waals surface area contributed by atoms with Crippen LogP contribution in [0.4, 0.5) is 5.82 Å². The highest BCUT2D eigenvalue weighted by molar-refractivity contribution is 7.84. The van der Waals surface area contributed by atoms with Crippen molar-refractivity contribution in [3.8, 4) is 0 Å². The van der Waals surface area contributed by atoms with Gasteiger partial charge in [-0.15, -0.1) is 0 Å². The summed E-state index contributed by atoms with van der Waals surface area (Å²) in [5.74, 6) is 0.830. The Morgan fingerprint density at radius 1 is 1.53 bits per heavy atom. The van der Waals surface area contributed by atoms with Crippen LogP contribution in [0.15, 0.2) is 12.4 Å². The summed E-state index contributed by atoms with van der Waals surface area (Å²) in [7, 11) is -0.745. The van der Waals surface area contributed by atoms with Gasteiger partial charge in [0.15, 0.2) is 0 Å². The lowest BCUT2D eigenvalue weighted by molar-refractivity contribution is 0.672. The van der Waals surface area contributed by atoms with E-state index in [9.17, 15) is 4.21 Å². The number of aromatic nitrogens is 2. The quantitative estimate of drug-likeness (QED) is 0.825. The normalized spacial score (nSPS) is 14.6. The van der Waals surface area contributed by atoms with Crippen molar-refractivity contribution < 1.29 is 4.21 Å². The van der Waals surface area contributed by atoms with Crippen molar-refractivity contribution in [2.24, 2.45) is 0 Å². The summed E-state index contributed by atoms with van der Waals surface area (Å²) < 4.78 is 11.1. The summed E-state index contributed by atoms with van der Waals surface area (Å²) in [5, 5.41) is 3.41. The van der Waals surface area contributed by atoms with E-state index in [-0.39, 0.29) is 5.25 Å². The molecule has 1 heterocycles. The first-order chi connectivity index (χ1) is 7.09. The van der Waals surface area contributed by atoms with E-state index in [0.717, 1.165) is 24.5 Å². The van der Waals surface area contributed by atoms with Gasteiger partial charge in [0, 0.05) is 40.6 Å². The second kappa shape index (κ2) is 5.80. The number of nitrogens with one attached hydrogen (secondary N) is 1. The lowest BCUT2D eigenvalue weighted by atomic mass is 10.3. The Labute approximate surface area is 93.0 Å². The number of hydrogen-bond acceptors (Lipinski definition) is 4. The monoisotopic (exact) mass is 227 g/mol. The summed E-state index contributed by atoms with van der Waals surface area (Å²) in [5.41, 5.74) is 0.944. The van der Waals surface area contributed by atoms with Crippen molar-refractivity contribution in [3.05, 3.63) is 18.1 Å². The van der Waals surface area contributed by atoms with Gasteiger partial charge in [0.25, 0.3) is 0 Å². The zero-order valence-electron chi connectivity index (χ0n) is 9.36. The molecule has 4 nitrogen and oxygen atoms in total. The summed E-state index contributed by atoms with van der Waals surface area (Å²) in [6, 6.07) is 1.90. The number of rotatable bonds is 5. The maximum Gasteiger partial charge on any atom is 0.129 e. The van der Waals surface area contributed by atoms with E-state index in [1.54, 1.807) is 12.6 Å². The third-order valence-electron chi connectivity index (χ3n) is 2.23. The van der Waals surface area contributed by atoms with Crippen molar-refractivity contribution in [3.63, 3.8) is 0 Å². The van der Waals surface area contributed by atoms with Gasteiger partial charge < -0.3 is 5.32 Å². The average Bonchev–Trinajstić information content (AvgIpc) is 2.17.